The van der Waals surface area contributed by atoms with Crippen LogP contribution in [0, 0.1) is 0 Å². The third-order valence-electron chi connectivity index (χ3n) is 4.06. The van der Waals surface area contributed by atoms with Crippen LogP contribution in [0.25, 0.3) is 6.08 Å². The Morgan fingerprint density at radius 2 is 1.96 bits per heavy atom. The van der Waals surface area contributed by atoms with Crippen LogP contribution in [0.4, 0.5) is 0 Å². The Kier molecular flexibility index (Phi) is 5.42. The van der Waals surface area contributed by atoms with Crippen LogP contribution < -0.4 is 14.2 Å². The number of rotatable bonds is 5. The molecular formula is C18H21NO6. The number of hydrogen-bond donors (Lipinski definition) is 0. The summed E-state index contributed by atoms with van der Waals surface area (Å²) < 4.78 is 21.4. The highest BCUT2D eigenvalue weighted by atomic mass is 16.6. The van der Waals surface area contributed by atoms with Crippen LogP contribution in [0.1, 0.15) is 18.4 Å². The number of methoxy groups -OCH3 is 1. The van der Waals surface area contributed by atoms with Crippen molar-refractivity contribution in [2.24, 2.45) is 0 Å². The molecule has 2 aliphatic heterocycles. The summed E-state index contributed by atoms with van der Waals surface area (Å²) in [4.78, 5) is 25.4. The van der Waals surface area contributed by atoms with Crippen molar-refractivity contribution in [2.45, 2.75) is 12.8 Å². The first-order valence-corrected chi connectivity index (χ1v) is 8.27. The molecular weight excluding hydrogens is 326 g/mol. The number of carbonyl (C=O) groups excluding carboxylic acids is 2. The van der Waals surface area contributed by atoms with E-state index in [-0.39, 0.29) is 12.5 Å². The van der Waals surface area contributed by atoms with Gasteiger partial charge in [0.15, 0.2) is 18.1 Å². The average molecular weight is 347 g/mol. The predicted molar refractivity (Wildman–Crippen MR) is 89.8 cm³/mol. The van der Waals surface area contributed by atoms with Gasteiger partial charge in [-0.25, -0.2) is 4.79 Å². The van der Waals surface area contributed by atoms with Gasteiger partial charge in [0.05, 0.1) is 7.11 Å². The number of fused-ring (bicyclic) bond motifs is 1. The molecule has 2 aliphatic rings. The Balaban J connectivity index is 1.59. The third-order valence-corrected chi connectivity index (χ3v) is 4.06. The summed E-state index contributed by atoms with van der Waals surface area (Å²) in [6.45, 7) is 2.18. The van der Waals surface area contributed by atoms with Crippen LogP contribution in [-0.4, -0.2) is 56.8 Å². The number of amides is 1. The Bertz CT molecular complexity index is 661. The molecule has 1 fully saturated rings. The number of esters is 1. The average Bonchev–Trinajstić information content (AvgIpc) is 3.18. The van der Waals surface area contributed by atoms with Gasteiger partial charge in [-0.2, -0.15) is 0 Å². The van der Waals surface area contributed by atoms with Gasteiger partial charge in [0.1, 0.15) is 13.2 Å². The highest BCUT2D eigenvalue weighted by Gasteiger charge is 2.19. The zero-order chi connectivity index (χ0) is 17.6. The molecule has 0 bridgehead atoms. The van der Waals surface area contributed by atoms with Crippen molar-refractivity contribution < 1.29 is 28.5 Å². The van der Waals surface area contributed by atoms with E-state index >= 15 is 0 Å². The lowest BCUT2D eigenvalue weighted by Crippen LogP contribution is -2.31. The number of likely N-dealkylation sites (tertiary alicyclic amines) is 1. The monoisotopic (exact) mass is 347 g/mol. The van der Waals surface area contributed by atoms with Crippen LogP contribution in [-0.2, 0) is 14.3 Å². The number of ether oxygens (including phenoxy) is 4. The molecule has 0 spiro atoms. The molecule has 1 aromatic carbocycles. The van der Waals surface area contributed by atoms with E-state index in [1.807, 2.05) is 0 Å². The van der Waals surface area contributed by atoms with Crippen LogP contribution in [0.3, 0.4) is 0 Å². The van der Waals surface area contributed by atoms with Crippen molar-refractivity contribution in [3.63, 3.8) is 0 Å². The summed E-state index contributed by atoms with van der Waals surface area (Å²) in [5.41, 5.74) is 0.712. The van der Waals surface area contributed by atoms with Crippen LogP contribution in [0.2, 0.25) is 0 Å². The molecule has 0 aliphatic carbocycles. The highest BCUT2D eigenvalue weighted by molar-refractivity contribution is 5.89. The van der Waals surface area contributed by atoms with E-state index in [2.05, 4.69) is 0 Å². The Morgan fingerprint density at radius 1 is 1.20 bits per heavy atom. The molecule has 7 heteroatoms. The fraction of sp³-hybridized carbons (Fsp3) is 0.444. The van der Waals surface area contributed by atoms with Gasteiger partial charge in [0.2, 0.25) is 5.75 Å². The maximum absolute atomic E-state index is 11.8. The molecule has 1 amide bonds. The van der Waals surface area contributed by atoms with Crippen molar-refractivity contribution >= 4 is 18.0 Å². The number of carbonyl (C=O) groups is 2. The summed E-state index contributed by atoms with van der Waals surface area (Å²) in [5.74, 6) is 0.948. The zero-order valence-corrected chi connectivity index (χ0v) is 14.2. The maximum atomic E-state index is 11.8. The second kappa shape index (κ2) is 7.92. The van der Waals surface area contributed by atoms with Gasteiger partial charge < -0.3 is 23.8 Å². The van der Waals surface area contributed by atoms with Gasteiger partial charge in [-0.3, -0.25) is 4.79 Å². The van der Waals surface area contributed by atoms with Crippen molar-refractivity contribution in [1.82, 2.24) is 4.90 Å². The summed E-state index contributed by atoms with van der Waals surface area (Å²) in [7, 11) is 1.54. The van der Waals surface area contributed by atoms with Gasteiger partial charge in [-0.15, -0.1) is 0 Å². The largest absolute Gasteiger partial charge is 0.493 e. The molecule has 0 atom stereocenters. The summed E-state index contributed by atoms with van der Waals surface area (Å²) in [6.07, 6.45) is 4.88. The summed E-state index contributed by atoms with van der Waals surface area (Å²) in [6, 6.07) is 3.50. The van der Waals surface area contributed by atoms with Crippen molar-refractivity contribution in [1.29, 1.82) is 0 Å². The molecule has 0 unspecified atom stereocenters. The molecule has 3 rings (SSSR count). The van der Waals surface area contributed by atoms with E-state index in [0.717, 1.165) is 25.9 Å². The lowest BCUT2D eigenvalue weighted by molar-refractivity contribution is -0.147. The first kappa shape index (κ1) is 17.1. The normalized spacial score (nSPS) is 16.1. The maximum Gasteiger partial charge on any atom is 0.331 e. The molecule has 1 aromatic rings. The zero-order valence-electron chi connectivity index (χ0n) is 14.2. The number of benzene rings is 1. The second-order valence-corrected chi connectivity index (χ2v) is 5.78. The standard InChI is InChI=1S/C18H21NO6/c1-22-14-10-13(11-15-18(14)24-9-8-23-15)4-5-17(21)25-12-16(20)19-6-2-3-7-19/h4-5,10-11H,2-3,6-9,12H2,1H3/b5-4+. The van der Waals surface area contributed by atoms with Crippen LogP contribution >= 0.6 is 0 Å². The SMILES string of the molecule is COc1cc(/C=C/C(=O)OCC(=O)N2CCCC2)cc2c1OCCO2. The van der Waals surface area contributed by atoms with E-state index in [9.17, 15) is 9.59 Å². The van der Waals surface area contributed by atoms with E-state index in [0.29, 0.717) is 36.0 Å². The number of nitrogens with zero attached hydrogens (tertiary/aromatic N) is 1. The topological polar surface area (TPSA) is 74.3 Å². The summed E-state index contributed by atoms with van der Waals surface area (Å²) in [5, 5.41) is 0. The first-order valence-electron chi connectivity index (χ1n) is 8.27. The Hall–Kier alpha value is -2.70. The molecule has 1 saturated heterocycles. The van der Waals surface area contributed by atoms with Crippen molar-refractivity contribution in [2.75, 3.05) is 40.0 Å². The minimum atomic E-state index is -0.568. The Labute approximate surface area is 146 Å². The minimum absolute atomic E-state index is 0.153. The lowest BCUT2D eigenvalue weighted by Gasteiger charge is -2.20. The van der Waals surface area contributed by atoms with Gasteiger partial charge in [-0.1, -0.05) is 0 Å². The molecule has 0 saturated carbocycles. The predicted octanol–water partition coefficient (Wildman–Crippen LogP) is 1.65. The van der Waals surface area contributed by atoms with Crippen LogP contribution in [0.15, 0.2) is 18.2 Å². The molecule has 0 radical (unpaired) electrons. The van der Waals surface area contributed by atoms with E-state index in [1.54, 1.807) is 30.2 Å². The lowest BCUT2D eigenvalue weighted by atomic mass is 10.1. The molecule has 134 valence electrons. The summed E-state index contributed by atoms with van der Waals surface area (Å²) >= 11 is 0. The molecule has 25 heavy (non-hydrogen) atoms. The molecule has 0 N–H and O–H groups in total. The van der Waals surface area contributed by atoms with Gasteiger partial charge in [0.25, 0.3) is 5.91 Å². The first-order chi connectivity index (χ1) is 12.2. The Morgan fingerprint density at radius 3 is 2.72 bits per heavy atom. The third kappa shape index (κ3) is 4.23. The smallest absolute Gasteiger partial charge is 0.331 e. The quantitative estimate of drug-likeness (QED) is 0.596. The fourth-order valence-corrected chi connectivity index (χ4v) is 2.79. The second-order valence-electron chi connectivity index (χ2n) is 5.78. The minimum Gasteiger partial charge on any atom is -0.493 e. The van der Waals surface area contributed by atoms with E-state index < -0.39 is 5.97 Å². The van der Waals surface area contributed by atoms with Gasteiger partial charge in [0, 0.05) is 19.2 Å². The molecule has 0 aromatic heterocycles. The van der Waals surface area contributed by atoms with Crippen molar-refractivity contribution in [3.05, 3.63) is 23.8 Å². The highest BCUT2D eigenvalue weighted by Crippen LogP contribution is 2.40. The van der Waals surface area contributed by atoms with E-state index in [1.165, 1.54) is 6.08 Å². The van der Waals surface area contributed by atoms with Crippen LogP contribution in [0.5, 0.6) is 17.2 Å². The molecule has 7 nitrogen and oxygen atoms in total. The fourth-order valence-electron chi connectivity index (χ4n) is 2.79. The molecule has 2 heterocycles. The van der Waals surface area contributed by atoms with E-state index in [4.69, 9.17) is 18.9 Å². The van der Waals surface area contributed by atoms with Gasteiger partial charge >= 0.3 is 5.97 Å². The number of hydrogen-bond acceptors (Lipinski definition) is 6. The van der Waals surface area contributed by atoms with Crippen molar-refractivity contribution in [3.8, 4) is 17.2 Å². The van der Waals surface area contributed by atoms with Gasteiger partial charge in [-0.05, 0) is 36.6 Å².